The van der Waals surface area contributed by atoms with E-state index in [4.69, 9.17) is 5.73 Å². The van der Waals surface area contributed by atoms with Crippen LogP contribution in [0.2, 0.25) is 0 Å². The predicted octanol–water partition coefficient (Wildman–Crippen LogP) is 3.32. The maximum atomic E-state index is 14.0. The van der Waals surface area contributed by atoms with Crippen molar-refractivity contribution in [3.63, 3.8) is 0 Å². The maximum absolute atomic E-state index is 14.0. The Morgan fingerprint density at radius 2 is 2.22 bits per heavy atom. The minimum Gasteiger partial charge on any atom is -0.329 e. The van der Waals surface area contributed by atoms with Crippen molar-refractivity contribution < 1.29 is 4.39 Å². The van der Waals surface area contributed by atoms with Crippen LogP contribution in [0.1, 0.15) is 31.9 Å². The van der Waals surface area contributed by atoms with E-state index in [2.05, 4.69) is 34.7 Å². The summed E-state index contributed by atoms with van der Waals surface area (Å²) >= 11 is 3.28. The lowest BCUT2D eigenvalue weighted by Crippen LogP contribution is -2.33. The molecule has 100 valence electrons. The molecule has 1 fully saturated rings. The Labute approximate surface area is 116 Å². The molecule has 0 spiro atoms. The first kappa shape index (κ1) is 14.0. The van der Waals surface area contributed by atoms with Gasteiger partial charge in [-0.15, -0.1) is 0 Å². The summed E-state index contributed by atoms with van der Waals surface area (Å²) in [5, 5.41) is 0. The lowest BCUT2D eigenvalue weighted by Gasteiger charge is -2.28. The maximum Gasteiger partial charge on any atom is 0.129 e. The topological polar surface area (TPSA) is 29.3 Å². The van der Waals surface area contributed by atoms with Crippen LogP contribution in [0.3, 0.4) is 0 Å². The highest BCUT2D eigenvalue weighted by Gasteiger charge is 2.34. The van der Waals surface area contributed by atoms with E-state index in [1.807, 2.05) is 12.1 Å². The lowest BCUT2D eigenvalue weighted by molar-refractivity contribution is 0.219. The van der Waals surface area contributed by atoms with Crippen LogP contribution in [0, 0.1) is 11.2 Å². The van der Waals surface area contributed by atoms with Gasteiger partial charge in [-0.25, -0.2) is 4.39 Å². The number of nitrogens with zero attached hydrogens (tertiary/aromatic N) is 1. The molecular weight excluding hydrogens is 295 g/mol. The van der Waals surface area contributed by atoms with Crippen molar-refractivity contribution in [1.29, 1.82) is 0 Å². The van der Waals surface area contributed by atoms with Gasteiger partial charge in [0, 0.05) is 29.2 Å². The molecule has 4 heteroatoms. The second-order valence-corrected chi connectivity index (χ2v) is 6.72. The van der Waals surface area contributed by atoms with Crippen LogP contribution in [0.25, 0.3) is 0 Å². The minimum absolute atomic E-state index is 0.0140. The van der Waals surface area contributed by atoms with Crippen LogP contribution >= 0.6 is 15.9 Å². The average Bonchev–Trinajstić information content (AvgIpc) is 2.63. The summed E-state index contributed by atoms with van der Waals surface area (Å²) in [6, 6.07) is 5.21. The third-order valence-corrected chi connectivity index (χ3v) is 4.19. The van der Waals surface area contributed by atoms with E-state index in [-0.39, 0.29) is 11.9 Å². The molecule has 0 aromatic heterocycles. The van der Waals surface area contributed by atoms with Crippen molar-refractivity contribution in [2.45, 2.75) is 26.3 Å². The van der Waals surface area contributed by atoms with Gasteiger partial charge in [-0.2, -0.15) is 0 Å². The van der Waals surface area contributed by atoms with Crippen LogP contribution in [-0.4, -0.2) is 24.5 Å². The molecule has 1 unspecified atom stereocenters. The van der Waals surface area contributed by atoms with Crippen molar-refractivity contribution in [2.75, 3.05) is 19.6 Å². The van der Waals surface area contributed by atoms with Gasteiger partial charge in [-0.3, -0.25) is 4.90 Å². The molecule has 2 rings (SSSR count). The highest BCUT2D eigenvalue weighted by atomic mass is 79.9. The average molecular weight is 315 g/mol. The number of hydrogen-bond donors (Lipinski definition) is 1. The van der Waals surface area contributed by atoms with Crippen LogP contribution in [0.15, 0.2) is 22.7 Å². The fraction of sp³-hybridized carbons (Fsp3) is 0.571. The van der Waals surface area contributed by atoms with Gasteiger partial charge in [0.2, 0.25) is 0 Å². The molecule has 0 aliphatic carbocycles. The summed E-state index contributed by atoms with van der Waals surface area (Å²) < 4.78 is 14.8. The van der Waals surface area contributed by atoms with Crippen molar-refractivity contribution in [1.82, 2.24) is 4.90 Å². The molecule has 1 heterocycles. The van der Waals surface area contributed by atoms with E-state index in [0.29, 0.717) is 17.5 Å². The molecule has 0 bridgehead atoms. The van der Waals surface area contributed by atoms with Gasteiger partial charge in [0.1, 0.15) is 5.82 Å². The molecule has 1 saturated heterocycles. The quantitative estimate of drug-likeness (QED) is 0.927. The number of likely N-dealkylation sites (tertiary alicyclic amines) is 1. The number of hydrogen-bond acceptors (Lipinski definition) is 2. The summed E-state index contributed by atoms with van der Waals surface area (Å²) in [7, 11) is 0. The van der Waals surface area contributed by atoms with Crippen LogP contribution in [-0.2, 0) is 0 Å². The van der Waals surface area contributed by atoms with Gasteiger partial charge in [0.05, 0.1) is 0 Å². The first-order valence-corrected chi connectivity index (χ1v) is 7.11. The van der Waals surface area contributed by atoms with E-state index in [9.17, 15) is 4.39 Å². The number of nitrogens with two attached hydrogens (primary N) is 1. The van der Waals surface area contributed by atoms with Gasteiger partial charge in [0.25, 0.3) is 0 Å². The van der Waals surface area contributed by atoms with Crippen molar-refractivity contribution >= 4 is 15.9 Å². The Morgan fingerprint density at radius 1 is 1.50 bits per heavy atom. The number of halogens is 2. The zero-order valence-corrected chi connectivity index (χ0v) is 12.5. The molecule has 18 heavy (non-hydrogen) atoms. The Morgan fingerprint density at radius 3 is 2.72 bits per heavy atom. The largest absolute Gasteiger partial charge is 0.329 e. The van der Waals surface area contributed by atoms with Gasteiger partial charge in [-0.05, 0) is 30.5 Å². The summed E-state index contributed by atoms with van der Waals surface area (Å²) in [5.41, 5.74) is 6.87. The fourth-order valence-electron chi connectivity index (χ4n) is 2.66. The highest BCUT2D eigenvalue weighted by Crippen LogP contribution is 2.35. The fourth-order valence-corrected chi connectivity index (χ4v) is 3.00. The van der Waals surface area contributed by atoms with Gasteiger partial charge >= 0.3 is 0 Å². The SMILES string of the molecule is CC1(C)CCN(C(CN)c2ccc(Br)cc2F)C1. The third-order valence-electron chi connectivity index (χ3n) is 3.69. The standard InChI is InChI=1S/C14H20BrFN2/c1-14(2)5-6-18(9-14)13(8-17)11-4-3-10(15)7-12(11)16/h3-4,7,13H,5-6,8-9,17H2,1-2H3. The first-order valence-electron chi connectivity index (χ1n) is 6.32. The van der Waals surface area contributed by atoms with Gasteiger partial charge in [0.15, 0.2) is 0 Å². The van der Waals surface area contributed by atoms with E-state index < -0.39 is 0 Å². The monoisotopic (exact) mass is 314 g/mol. The molecule has 1 aliphatic rings. The zero-order chi connectivity index (χ0) is 13.3. The molecule has 2 nitrogen and oxygen atoms in total. The van der Waals surface area contributed by atoms with E-state index >= 15 is 0 Å². The normalized spacial score (nSPS) is 21.2. The summed E-state index contributed by atoms with van der Waals surface area (Å²) in [6.45, 7) is 6.92. The smallest absolute Gasteiger partial charge is 0.129 e. The van der Waals surface area contributed by atoms with Gasteiger partial charge < -0.3 is 5.73 Å². The van der Waals surface area contributed by atoms with E-state index in [0.717, 1.165) is 24.0 Å². The summed E-state index contributed by atoms with van der Waals surface area (Å²) in [5.74, 6) is -0.176. The van der Waals surface area contributed by atoms with E-state index in [1.165, 1.54) is 6.07 Å². The Bertz CT molecular complexity index is 434. The Balaban J connectivity index is 2.23. The Hall–Kier alpha value is -0.450. The number of rotatable bonds is 3. The first-order chi connectivity index (χ1) is 8.43. The second kappa shape index (κ2) is 5.27. The molecule has 1 aromatic carbocycles. The van der Waals surface area contributed by atoms with Crippen molar-refractivity contribution in [3.8, 4) is 0 Å². The minimum atomic E-state index is -0.176. The zero-order valence-electron chi connectivity index (χ0n) is 10.9. The van der Waals surface area contributed by atoms with Crippen molar-refractivity contribution in [3.05, 3.63) is 34.1 Å². The number of benzene rings is 1. The van der Waals surface area contributed by atoms with Gasteiger partial charge in [-0.1, -0.05) is 35.8 Å². The Kier molecular flexibility index (Phi) is 4.09. The highest BCUT2D eigenvalue weighted by molar-refractivity contribution is 9.10. The molecule has 2 N–H and O–H groups in total. The predicted molar refractivity (Wildman–Crippen MR) is 75.9 cm³/mol. The summed E-state index contributed by atoms with van der Waals surface area (Å²) in [6.07, 6.45) is 1.14. The molecule has 0 saturated carbocycles. The molecule has 0 radical (unpaired) electrons. The van der Waals surface area contributed by atoms with E-state index in [1.54, 1.807) is 0 Å². The molecule has 1 atom stereocenters. The summed E-state index contributed by atoms with van der Waals surface area (Å²) in [4.78, 5) is 2.30. The van der Waals surface area contributed by atoms with Crippen LogP contribution < -0.4 is 5.73 Å². The third kappa shape index (κ3) is 2.92. The molecule has 1 aromatic rings. The van der Waals surface area contributed by atoms with Crippen LogP contribution in [0.5, 0.6) is 0 Å². The lowest BCUT2D eigenvalue weighted by atomic mass is 9.93. The molecule has 0 amide bonds. The second-order valence-electron chi connectivity index (χ2n) is 5.80. The molecule has 1 aliphatic heterocycles. The molecular formula is C14H20BrFN2. The van der Waals surface area contributed by atoms with Crippen molar-refractivity contribution in [2.24, 2.45) is 11.1 Å². The van der Waals surface area contributed by atoms with Crippen LogP contribution in [0.4, 0.5) is 4.39 Å².